The molecular weight excluding hydrogens is 794 g/mol. The van der Waals surface area contributed by atoms with Crippen molar-refractivity contribution in [2.75, 3.05) is 13.2 Å². The van der Waals surface area contributed by atoms with Gasteiger partial charge >= 0.3 is 29.8 Å². The first-order valence-corrected chi connectivity index (χ1v) is 19.1. The van der Waals surface area contributed by atoms with Gasteiger partial charge in [-0.15, -0.1) is 0 Å². The minimum atomic E-state index is -1.62. The fraction of sp³-hybridized carbons (Fsp3) is 0.537. The Balaban J connectivity index is 1.48. The van der Waals surface area contributed by atoms with Crippen molar-refractivity contribution >= 4 is 41.7 Å². The zero-order valence-electron chi connectivity index (χ0n) is 34.1. The number of ether oxygens (including phenoxy) is 11. The third kappa shape index (κ3) is 12.4. The van der Waals surface area contributed by atoms with Gasteiger partial charge in [-0.1, -0.05) is 48.5 Å². The van der Waals surface area contributed by atoms with Gasteiger partial charge in [0.2, 0.25) is 11.8 Å². The molecule has 3 saturated heterocycles. The third-order valence-corrected chi connectivity index (χ3v) is 9.39. The Kier molecular flexibility index (Phi) is 15.9. The van der Waals surface area contributed by atoms with Gasteiger partial charge in [0.25, 0.3) is 0 Å². The number of hydrogen-bond acceptors (Lipinski definition) is 18. The van der Waals surface area contributed by atoms with Crippen LogP contribution in [0.1, 0.15) is 70.1 Å². The Labute approximate surface area is 345 Å². The molecule has 3 fully saturated rings. The number of rotatable bonds is 14. The van der Waals surface area contributed by atoms with Crippen LogP contribution in [0.4, 0.5) is 0 Å². The van der Waals surface area contributed by atoms with Gasteiger partial charge in [-0.05, 0) is 23.6 Å². The Hall–Kier alpha value is -5.31. The summed E-state index contributed by atoms with van der Waals surface area (Å²) >= 11 is 0. The van der Waals surface area contributed by atoms with Crippen LogP contribution in [-0.2, 0) is 98.7 Å². The summed E-state index contributed by atoms with van der Waals surface area (Å²) < 4.78 is 65.6. The highest BCUT2D eigenvalue weighted by atomic mass is 16.8. The van der Waals surface area contributed by atoms with Crippen LogP contribution in [0.2, 0.25) is 0 Å². The maximum absolute atomic E-state index is 12.8. The number of carbonyl (C=O) groups is 7. The summed E-state index contributed by atoms with van der Waals surface area (Å²) in [4.78, 5) is 86.5. The molecule has 0 aliphatic carbocycles. The molecule has 5 rings (SSSR count). The smallest absolute Gasteiger partial charge is 0.303 e. The minimum Gasteiger partial charge on any atom is -0.463 e. The molecule has 0 radical (unpaired) electrons. The predicted molar refractivity (Wildman–Crippen MR) is 200 cm³/mol. The molecule has 1 N–H and O–H groups in total. The minimum absolute atomic E-state index is 0.101. The fourth-order valence-electron chi connectivity index (χ4n) is 6.98. The molecular formula is C41H49NO18. The van der Waals surface area contributed by atoms with Crippen LogP contribution in [0.25, 0.3) is 0 Å². The van der Waals surface area contributed by atoms with Gasteiger partial charge in [-0.25, -0.2) is 0 Å². The van der Waals surface area contributed by atoms with E-state index in [1.807, 2.05) is 6.07 Å². The highest BCUT2D eigenvalue weighted by Crippen LogP contribution is 2.39. The molecule has 0 aromatic heterocycles. The van der Waals surface area contributed by atoms with Crippen LogP contribution in [-0.4, -0.2) is 116 Å². The van der Waals surface area contributed by atoms with Gasteiger partial charge in [-0.2, -0.15) is 0 Å². The summed E-state index contributed by atoms with van der Waals surface area (Å²) in [6, 6.07) is 14.1. The number of amides is 2. The first-order chi connectivity index (χ1) is 28.5. The zero-order valence-corrected chi connectivity index (χ0v) is 34.1. The number of aryl methyl sites for hydroxylation is 1. The Morgan fingerprint density at radius 2 is 1.30 bits per heavy atom. The summed E-state index contributed by atoms with van der Waals surface area (Å²) in [6.07, 6.45) is -14.9. The van der Waals surface area contributed by atoms with Crippen molar-refractivity contribution in [3.05, 3.63) is 70.8 Å². The van der Waals surface area contributed by atoms with Crippen molar-refractivity contribution in [3.63, 3.8) is 0 Å². The largest absolute Gasteiger partial charge is 0.463 e. The molecule has 326 valence electrons. The van der Waals surface area contributed by atoms with E-state index in [4.69, 9.17) is 52.1 Å². The third-order valence-electron chi connectivity index (χ3n) is 9.39. The van der Waals surface area contributed by atoms with E-state index in [1.165, 1.54) is 6.92 Å². The molecule has 3 heterocycles. The number of hydrogen-bond donors (Lipinski definition) is 1. The van der Waals surface area contributed by atoms with Crippen molar-refractivity contribution < 1.29 is 85.7 Å². The number of carbonyl (C=O) groups excluding carboxylic acids is 7. The molecule has 3 aliphatic rings. The topological polar surface area (TPSA) is 233 Å². The number of fused-ring (bicyclic) bond motifs is 1. The van der Waals surface area contributed by atoms with Gasteiger partial charge in [0.15, 0.2) is 43.3 Å². The van der Waals surface area contributed by atoms with Crippen molar-refractivity contribution in [1.82, 2.24) is 5.32 Å². The average Bonchev–Trinajstić information content (AvgIpc) is 3.16. The van der Waals surface area contributed by atoms with Crippen LogP contribution in [0.15, 0.2) is 48.5 Å². The van der Waals surface area contributed by atoms with Crippen LogP contribution < -0.4 is 5.32 Å². The van der Waals surface area contributed by atoms with Gasteiger partial charge in [-0.3, -0.25) is 38.9 Å². The van der Waals surface area contributed by atoms with E-state index in [2.05, 4.69) is 5.32 Å². The molecule has 0 saturated carbocycles. The lowest BCUT2D eigenvalue weighted by Crippen LogP contribution is -2.67. The number of benzene rings is 2. The molecule has 2 aromatic rings. The quantitative estimate of drug-likeness (QED) is 0.211. The fourth-order valence-corrected chi connectivity index (χ4v) is 6.98. The van der Waals surface area contributed by atoms with E-state index < -0.39 is 116 Å². The Morgan fingerprint density at radius 1 is 0.683 bits per heavy atom. The molecule has 3 aliphatic heterocycles. The van der Waals surface area contributed by atoms with Gasteiger partial charge in [0.1, 0.15) is 31.0 Å². The van der Waals surface area contributed by atoms with Gasteiger partial charge < -0.3 is 52.1 Å². The lowest BCUT2D eigenvalue weighted by atomic mass is 9.95. The normalized spacial score (nSPS) is 28.6. The molecule has 19 heteroatoms. The van der Waals surface area contributed by atoms with Crippen molar-refractivity contribution in [2.24, 2.45) is 0 Å². The molecule has 11 atom stereocenters. The van der Waals surface area contributed by atoms with E-state index >= 15 is 0 Å². The van der Waals surface area contributed by atoms with Crippen LogP contribution in [0, 0.1) is 6.92 Å². The summed E-state index contributed by atoms with van der Waals surface area (Å²) in [5.41, 5.74) is 2.57. The van der Waals surface area contributed by atoms with E-state index in [0.717, 1.165) is 40.2 Å². The maximum Gasteiger partial charge on any atom is 0.303 e. The first-order valence-electron chi connectivity index (χ1n) is 19.1. The highest BCUT2D eigenvalue weighted by Gasteiger charge is 2.58. The van der Waals surface area contributed by atoms with Crippen LogP contribution in [0.3, 0.4) is 0 Å². The van der Waals surface area contributed by atoms with Crippen LogP contribution >= 0.6 is 0 Å². The maximum atomic E-state index is 12.8. The molecule has 60 heavy (non-hydrogen) atoms. The lowest BCUT2D eigenvalue weighted by molar-refractivity contribution is -0.386. The molecule has 0 bridgehead atoms. The molecule has 0 spiro atoms. The second-order valence-corrected chi connectivity index (χ2v) is 14.3. The second-order valence-electron chi connectivity index (χ2n) is 14.3. The molecule has 1 unspecified atom stereocenters. The van der Waals surface area contributed by atoms with E-state index in [-0.39, 0.29) is 19.6 Å². The summed E-state index contributed by atoms with van der Waals surface area (Å²) in [6.45, 7) is 7.85. The summed E-state index contributed by atoms with van der Waals surface area (Å²) in [5, 5.41) is 2.23. The second kappa shape index (κ2) is 20.8. The Morgan fingerprint density at radius 3 is 1.92 bits per heavy atom. The average molecular weight is 844 g/mol. The lowest BCUT2D eigenvalue weighted by Gasteiger charge is -2.50. The monoisotopic (exact) mass is 843 g/mol. The molecule has 2 amide bonds. The SMILES string of the molecule is CC(=O)NC(=O)Cc1cc(CO[C@@H]2O[C@H](COC(C)=O)[C@@H](O[C@H]3O[C@@H]4COC(c5ccccc5)O[C@H]4[C@H](OC(C)=O)[C@H]3OC(C)=O)[C@H](OC(C)=O)[C@H]2OC(C)=O)ccc1C. The van der Waals surface area contributed by atoms with E-state index in [9.17, 15) is 33.6 Å². The summed E-state index contributed by atoms with van der Waals surface area (Å²) in [7, 11) is 0. The first kappa shape index (κ1) is 45.8. The van der Waals surface area contributed by atoms with Gasteiger partial charge in [0.05, 0.1) is 19.6 Å². The number of nitrogens with one attached hydrogen (secondary N) is 1. The highest BCUT2D eigenvalue weighted by molar-refractivity contribution is 5.95. The van der Waals surface area contributed by atoms with Gasteiger partial charge in [0, 0.05) is 47.1 Å². The van der Waals surface area contributed by atoms with E-state index in [1.54, 1.807) is 49.4 Å². The van der Waals surface area contributed by atoms with Crippen LogP contribution in [0.5, 0.6) is 0 Å². The summed E-state index contributed by atoms with van der Waals surface area (Å²) in [5.74, 6) is -4.95. The predicted octanol–water partition coefficient (Wildman–Crippen LogP) is 1.96. The van der Waals surface area contributed by atoms with Crippen molar-refractivity contribution in [1.29, 1.82) is 0 Å². The Bertz CT molecular complexity index is 1890. The van der Waals surface area contributed by atoms with Crippen molar-refractivity contribution in [3.8, 4) is 0 Å². The molecule has 19 nitrogen and oxygen atoms in total. The number of imide groups is 1. The standard InChI is InChI=1S/C41H49NO18/c1-20-13-14-27(15-29(20)16-32(49)42-21(2)43)17-51-40-37(55-25(6)47)35(53-23(4)45)34(30(57-40)18-50-22(3)44)60-41-38(56-26(7)48)36(54-24(5)46)33-31(58-41)19-52-39(59-33)28-11-9-8-10-12-28/h8-15,30-31,33-41H,16-19H2,1-7H3,(H,42,43,49)/t30-,31-,33-,34-,35+,36+,37-,38-,39?,40-,41-/m1/s1. The zero-order chi connectivity index (χ0) is 43.7. The van der Waals surface area contributed by atoms with Crippen molar-refractivity contribution in [2.45, 2.75) is 129 Å². The molecule has 2 aromatic carbocycles. The number of esters is 5. The van der Waals surface area contributed by atoms with E-state index in [0.29, 0.717) is 16.7 Å².